The van der Waals surface area contributed by atoms with E-state index >= 15 is 0 Å². The summed E-state index contributed by atoms with van der Waals surface area (Å²) in [7, 11) is 1.68. The number of nitrogens with one attached hydrogen (secondary N) is 3. The van der Waals surface area contributed by atoms with Gasteiger partial charge in [-0.15, -0.1) is 0 Å². The fraction of sp³-hybridized carbons (Fsp3) is 0.0588. The summed E-state index contributed by atoms with van der Waals surface area (Å²) in [4.78, 5) is 17.1. The van der Waals surface area contributed by atoms with Crippen LogP contribution in [0.25, 0.3) is 22.5 Å². The first-order valence-electron chi connectivity index (χ1n) is 7.44. The fourth-order valence-corrected chi connectivity index (χ4v) is 2.15. The lowest BCUT2D eigenvalue weighted by Crippen LogP contribution is -2.19. The van der Waals surface area contributed by atoms with E-state index in [1.54, 1.807) is 44.0 Å². The molecule has 0 aromatic carbocycles. The topological polar surface area (TPSA) is 137 Å². The van der Waals surface area contributed by atoms with E-state index in [9.17, 15) is 0 Å². The van der Waals surface area contributed by atoms with E-state index in [2.05, 4.69) is 25.3 Å². The van der Waals surface area contributed by atoms with Crippen LogP contribution in [-0.4, -0.2) is 38.7 Å². The molecule has 0 atom stereocenters. The van der Waals surface area contributed by atoms with Crippen LogP contribution in [0.3, 0.4) is 0 Å². The molecule has 5 N–H and O–H groups in total. The molecule has 3 rings (SSSR count). The van der Waals surface area contributed by atoms with Crippen LogP contribution in [0, 0.1) is 10.8 Å². The highest BCUT2D eigenvalue weighted by Gasteiger charge is 2.06. The van der Waals surface area contributed by atoms with Gasteiger partial charge in [-0.3, -0.25) is 20.8 Å². The first-order valence-corrected chi connectivity index (χ1v) is 7.44. The van der Waals surface area contributed by atoms with Crippen LogP contribution < -0.4 is 11.1 Å². The van der Waals surface area contributed by atoms with Crippen molar-refractivity contribution >= 4 is 11.7 Å². The molecular weight excluding hydrogens is 316 g/mol. The molecule has 0 unspecified atom stereocenters. The Balaban J connectivity index is 1.82. The number of nitrogens with zero attached hydrogens (tertiary/aromatic N) is 4. The number of rotatable bonds is 4. The average molecular weight is 332 g/mol. The van der Waals surface area contributed by atoms with Crippen molar-refractivity contribution in [3.05, 3.63) is 60.4 Å². The number of nitrogens with two attached hydrogens (primary N) is 1. The van der Waals surface area contributed by atoms with E-state index in [0.717, 1.165) is 16.7 Å². The summed E-state index contributed by atoms with van der Waals surface area (Å²) >= 11 is 0. The van der Waals surface area contributed by atoms with Gasteiger partial charge in [0.05, 0.1) is 0 Å². The van der Waals surface area contributed by atoms with Crippen molar-refractivity contribution in [2.45, 2.75) is 0 Å². The molecule has 8 heteroatoms. The van der Waals surface area contributed by atoms with Gasteiger partial charge in [-0.2, -0.15) is 0 Å². The minimum Gasteiger partial charge on any atom is -0.382 e. The van der Waals surface area contributed by atoms with Crippen LogP contribution in [0.5, 0.6) is 0 Å². The summed E-state index contributed by atoms with van der Waals surface area (Å²) in [6.45, 7) is 0. The summed E-state index contributed by atoms with van der Waals surface area (Å²) in [5.41, 5.74) is 8.80. The van der Waals surface area contributed by atoms with Crippen molar-refractivity contribution in [2.75, 3.05) is 7.05 Å². The second-order valence-corrected chi connectivity index (χ2v) is 5.20. The van der Waals surface area contributed by atoms with Gasteiger partial charge in [0.1, 0.15) is 23.1 Å². The molecule has 0 aliphatic carbocycles. The van der Waals surface area contributed by atoms with Gasteiger partial charge in [0.2, 0.25) is 0 Å². The minimum absolute atomic E-state index is 0.0690. The highest BCUT2D eigenvalue weighted by atomic mass is 14.9. The number of aromatic nitrogens is 4. The lowest BCUT2D eigenvalue weighted by Gasteiger charge is -2.05. The normalized spacial score (nSPS) is 10.3. The molecule has 0 aliphatic heterocycles. The smallest absolute Gasteiger partial charge is 0.160 e. The zero-order chi connectivity index (χ0) is 17.8. The molecule has 0 radical (unpaired) electrons. The maximum Gasteiger partial charge on any atom is 0.160 e. The van der Waals surface area contributed by atoms with Gasteiger partial charge < -0.3 is 11.1 Å². The molecule has 3 heterocycles. The van der Waals surface area contributed by atoms with Crippen molar-refractivity contribution in [3.63, 3.8) is 0 Å². The summed E-state index contributed by atoms with van der Waals surface area (Å²) in [5, 5.41) is 17.8. The van der Waals surface area contributed by atoms with Gasteiger partial charge in [0.15, 0.2) is 5.82 Å². The third-order valence-electron chi connectivity index (χ3n) is 3.55. The Kier molecular flexibility index (Phi) is 4.42. The second-order valence-electron chi connectivity index (χ2n) is 5.20. The van der Waals surface area contributed by atoms with E-state index in [0.29, 0.717) is 17.2 Å². The molecule has 0 fully saturated rings. The van der Waals surface area contributed by atoms with E-state index in [1.165, 1.54) is 0 Å². The first-order chi connectivity index (χ1) is 12.1. The van der Waals surface area contributed by atoms with Crippen molar-refractivity contribution < 1.29 is 0 Å². The lowest BCUT2D eigenvalue weighted by molar-refractivity contribution is 1.11. The van der Waals surface area contributed by atoms with Crippen LogP contribution in [0.2, 0.25) is 0 Å². The number of amidine groups is 2. The molecule has 25 heavy (non-hydrogen) atoms. The summed E-state index contributed by atoms with van der Waals surface area (Å²) in [5.74, 6) is 0.733. The van der Waals surface area contributed by atoms with Crippen LogP contribution in [0.1, 0.15) is 11.4 Å². The molecule has 0 saturated carbocycles. The number of nitrogen functional groups attached to an aromatic ring is 1. The molecule has 0 spiro atoms. The Morgan fingerprint density at radius 3 is 1.88 bits per heavy atom. The van der Waals surface area contributed by atoms with E-state index in [4.69, 9.17) is 16.6 Å². The number of hydrogen-bond donors (Lipinski definition) is 4. The van der Waals surface area contributed by atoms with E-state index < -0.39 is 0 Å². The van der Waals surface area contributed by atoms with Gasteiger partial charge in [0, 0.05) is 48.5 Å². The molecule has 8 nitrogen and oxygen atoms in total. The third kappa shape index (κ3) is 3.47. The quantitative estimate of drug-likeness (QED) is 0.421. The summed E-state index contributed by atoms with van der Waals surface area (Å²) < 4.78 is 0. The zero-order valence-electron chi connectivity index (χ0n) is 13.5. The van der Waals surface area contributed by atoms with Crippen molar-refractivity contribution in [1.29, 1.82) is 10.8 Å². The largest absolute Gasteiger partial charge is 0.382 e. The van der Waals surface area contributed by atoms with Gasteiger partial charge in [-0.05, 0) is 18.2 Å². The van der Waals surface area contributed by atoms with Gasteiger partial charge in [-0.1, -0.05) is 6.07 Å². The van der Waals surface area contributed by atoms with Crippen molar-refractivity contribution in [3.8, 4) is 22.5 Å². The van der Waals surface area contributed by atoms with Crippen molar-refractivity contribution in [1.82, 2.24) is 25.3 Å². The Morgan fingerprint density at radius 1 is 0.800 bits per heavy atom. The number of pyridine rings is 2. The highest BCUT2D eigenvalue weighted by Crippen LogP contribution is 2.19. The van der Waals surface area contributed by atoms with Crippen LogP contribution in [0.4, 0.5) is 0 Å². The summed E-state index contributed by atoms with van der Waals surface area (Å²) in [6.07, 6.45) is 6.68. The monoisotopic (exact) mass is 332 g/mol. The minimum atomic E-state index is -0.0690. The standard InChI is InChI=1S/C17H16N8/c1-21-16(20)14-5-3-11(7-23-14)17-24-8-12(9-25-17)10-2-4-13(15(18)19)22-6-10/h2-9H,1H3,(H3,18,19)(H2,20,21). The predicted molar refractivity (Wildman–Crippen MR) is 95.4 cm³/mol. The fourth-order valence-electron chi connectivity index (χ4n) is 2.15. The molecule has 3 aromatic rings. The maximum absolute atomic E-state index is 7.69. The molecule has 0 aliphatic rings. The van der Waals surface area contributed by atoms with Gasteiger partial charge in [0.25, 0.3) is 0 Å². The highest BCUT2D eigenvalue weighted by molar-refractivity contribution is 5.94. The van der Waals surface area contributed by atoms with Crippen LogP contribution in [0.15, 0.2) is 49.1 Å². The lowest BCUT2D eigenvalue weighted by atomic mass is 10.1. The Labute approximate surface area is 144 Å². The first kappa shape index (κ1) is 16.2. The maximum atomic E-state index is 7.69. The van der Waals surface area contributed by atoms with Gasteiger partial charge in [-0.25, -0.2) is 9.97 Å². The predicted octanol–water partition coefficient (Wildman–Crippen LogP) is 1.43. The average Bonchev–Trinajstić information content (AvgIpc) is 2.67. The molecule has 124 valence electrons. The van der Waals surface area contributed by atoms with E-state index in [-0.39, 0.29) is 11.7 Å². The van der Waals surface area contributed by atoms with Crippen LogP contribution in [-0.2, 0) is 0 Å². The molecule has 0 bridgehead atoms. The van der Waals surface area contributed by atoms with E-state index in [1.807, 2.05) is 12.1 Å². The Hall–Kier alpha value is -3.68. The molecule has 0 saturated heterocycles. The SMILES string of the molecule is CNC(=N)c1ccc(-c2ncc(-c3ccc(C(=N)N)nc3)cn2)cn1. The molecule has 0 amide bonds. The summed E-state index contributed by atoms with van der Waals surface area (Å²) in [6, 6.07) is 7.08. The van der Waals surface area contributed by atoms with Crippen molar-refractivity contribution in [2.24, 2.45) is 5.73 Å². The Bertz CT molecular complexity index is 899. The third-order valence-corrected chi connectivity index (χ3v) is 3.55. The second kappa shape index (κ2) is 6.83. The number of hydrogen-bond acceptors (Lipinski definition) is 6. The van der Waals surface area contributed by atoms with Crippen LogP contribution >= 0.6 is 0 Å². The Morgan fingerprint density at radius 2 is 1.36 bits per heavy atom. The van der Waals surface area contributed by atoms with Gasteiger partial charge >= 0.3 is 0 Å². The zero-order valence-corrected chi connectivity index (χ0v) is 13.5. The molecule has 3 aromatic heterocycles. The molecular formula is C17H16N8.